The molecule has 2 aliphatic heterocycles. The molecular weight excluding hydrogens is 284 g/mol. The van der Waals surface area contributed by atoms with Crippen LogP contribution in [-0.2, 0) is 13.1 Å². The van der Waals surface area contributed by atoms with Gasteiger partial charge in [0.05, 0.1) is 16.8 Å². The monoisotopic (exact) mass is 296 g/mol. The molecule has 0 spiro atoms. The number of hydrogen-bond donors (Lipinski definition) is 3. The fourth-order valence-corrected chi connectivity index (χ4v) is 2.97. The van der Waals surface area contributed by atoms with Gasteiger partial charge in [0.15, 0.2) is 0 Å². The second-order valence-electron chi connectivity index (χ2n) is 5.33. The quantitative estimate of drug-likeness (QED) is 0.638. The topological polar surface area (TPSA) is 106 Å². The molecule has 7 heteroatoms. The van der Waals surface area contributed by atoms with Gasteiger partial charge in [0, 0.05) is 19.2 Å². The van der Waals surface area contributed by atoms with E-state index >= 15 is 0 Å². The second-order valence-corrected chi connectivity index (χ2v) is 5.33. The molecule has 0 saturated heterocycles. The summed E-state index contributed by atoms with van der Waals surface area (Å²) in [5.74, 6) is -1.18. The molecule has 2 amide bonds. The van der Waals surface area contributed by atoms with Gasteiger partial charge in [0.25, 0.3) is 17.4 Å². The number of amides is 2. The number of imide groups is 1. The van der Waals surface area contributed by atoms with Gasteiger partial charge in [-0.25, -0.2) is 0 Å². The Kier molecular flexibility index (Phi) is 2.49. The number of nitrogen functional groups attached to an aromatic ring is 1. The van der Waals surface area contributed by atoms with Gasteiger partial charge >= 0.3 is 0 Å². The van der Waals surface area contributed by atoms with Crippen LogP contribution in [0.25, 0.3) is 5.69 Å². The Balaban J connectivity index is 1.97. The number of hydrogen-bond acceptors (Lipinski definition) is 5. The summed E-state index contributed by atoms with van der Waals surface area (Å²) in [5, 5.41) is 5.37. The van der Waals surface area contributed by atoms with E-state index < -0.39 is 17.4 Å². The molecule has 1 aromatic carbocycles. The van der Waals surface area contributed by atoms with Crippen LogP contribution in [0.1, 0.15) is 31.8 Å². The lowest BCUT2D eigenvalue weighted by Gasteiger charge is -2.12. The van der Waals surface area contributed by atoms with Gasteiger partial charge in [-0.15, -0.1) is 0 Å². The molecule has 0 unspecified atom stereocenters. The fourth-order valence-electron chi connectivity index (χ4n) is 2.97. The molecule has 0 atom stereocenters. The van der Waals surface area contributed by atoms with Gasteiger partial charge in [0.2, 0.25) is 0 Å². The summed E-state index contributed by atoms with van der Waals surface area (Å²) in [6, 6.07) is 6.73. The van der Waals surface area contributed by atoms with Crippen molar-refractivity contribution in [3.63, 3.8) is 0 Å². The Bertz CT molecular complexity index is 914. The highest BCUT2D eigenvalue weighted by atomic mass is 16.2. The van der Waals surface area contributed by atoms with E-state index in [9.17, 15) is 14.4 Å². The zero-order valence-electron chi connectivity index (χ0n) is 11.5. The van der Waals surface area contributed by atoms with Crippen LogP contribution in [0, 0.1) is 0 Å². The molecule has 0 saturated carbocycles. The number of nitrogens with one attached hydrogen (secondary N) is 2. The van der Waals surface area contributed by atoms with Gasteiger partial charge in [-0.2, -0.15) is 0 Å². The molecule has 0 radical (unpaired) electrons. The van der Waals surface area contributed by atoms with E-state index in [4.69, 9.17) is 5.73 Å². The van der Waals surface area contributed by atoms with Crippen LogP contribution in [0.3, 0.4) is 0 Å². The second kappa shape index (κ2) is 4.28. The van der Waals surface area contributed by atoms with Crippen LogP contribution < -0.4 is 21.9 Å². The van der Waals surface area contributed by atoms with Gasteiger partial charge in [-0.3, -0.25) is 24.3 Å². The molecule has 1 aromatic heterocycles. The summed E-state index contributed by atoms with van der Waals surface area (Å²) in [6.45, 7) is 1.52. The molecule has 3 heterocycles. The first-order valence-electron chi connectivity index (χ1n) is 6.80. The summed E-state index contributed by atoms with van der Waals surface area (Å²) in [4.78, 5) is 35.8. The Morgan fingerprint density at radius 3 is 2.59 bits per heavy atom. The molecule has 0 fully saturated rings. The smallest absolute Gasteiger partial charge is 0.262 e. The van der Waals surface area contributed by atoms with Crippen LogP contribution in [0.4, 0.5) is 5.82 Å². The zero-order valence-corrected chi connectivity index (χ0v) is 11.5. The number of nitrogens with zero attached hydrogens (tertiary/aromatic N) is 1. The lowest BCUT2D eigenvalue weighted by molar-refractivity contribution is 0.0880. The van der Waals surface area contributed by atoms with E-state index in [2.05, 4.69) is 10.6 Å². The van der Waals surface area contributed by atoms with Crippen molar-refractivity contribution >= 4 is 17.6 Å². The minimum Gasteiger partial charge on any atom is -0.384 e. The highest BCUT2D eigenvalue weighted by Crippen LogP contribution is 2.25. The molecular formula is C15H12N4O3. The van der Waals surface area contributed by atoms with Crippen molar-refractivity contribution in [2.45, 2.75) is 13.1 Å². The third-order valence-electron chi connectivity index (χ3n) is 4.03. The Morgan fingerprint density at radius 1 is 1.00 bits per heavy atom. The van der Waals surface area contributed by atoms with Crippen molar-refractivity contribution in [2.75, 3.05) is 5.73 Å². The van der Waals surface area contributed by atoms with Gasteiger partial charge < -0.3 is 11.1 Å². The Labute approximate surface area is 124 Å². The normalized spacial score (nSPS) is 15.6. The number of fused-ring (bicyclic) bond motifs is 2. The molecule has 4 N–H and O–H groups in total. The van der Waals surface area contributed by atoms with E-state index in [1.807, 2.05) is 12.1 Å². The maximum atomic E-state index is 12.3. The maximum Gasteiger partial charge on any atom is 0.262 e. The number of nitrogens with two attached hydrogens (primary N) is 1. The SMILES string of the molecule is Nc1c2c(cc(=O)n1-c1ccc3c(c1)CNC3)C(=O)NC2=O. The van der Waals surface area contributed by atoms with Gasteiger partial charge in [-0.1, -0.05) is 6.07 Å². The highest BCUT2D eigenvalue weighted by Gasteiger charge is 2.31. The minimum absolute atomic E-state index is 0.0169. The zero-order chi connectivity index (χ0) is 15.4. The molecule has 110 valence electrons. The molecule has 2 aliphatic rings. The number of benzene rings is 1. The standard InChI is InChI=1S/C15H12N4O3/c16-13-12-10(14(21)18-15(12)22)4-11(20)19(13)9-2-1-7-5-17-6-8(7)3-9/h1-4,17H,5-6,16H2,(H,18,21,22). The maximum absolute atomic E-state index is 12.3. The third-order valence-corrected chi connectivity index (χ3v) is 4.03. The lowest BCUT2D eigenvalue weighted by Crippen LogP contribution is -2.24. The molecule has 22 heavy (non-hydrogen) atoms. The fraction of sp³-hybridized carbons (Fsp3) is 0.133. The lowest BCUT2D eigenvalue weighted by atomic mass is 10.1. The van der Waals surface area contributed by atoms with Crippen molar-refractivity contribution in [3.05, 3.63) is 56.9 Å². The minimum atomic E-state index is -0.589. The highest BCUT2D eigenvalue weighted by molar-refractivity contribution is 6.23. The molecule has 0 aliphatic carbocycles. The Morgan fingerprint density at radius 2 is 1.77 bits per heavy atom. The summed E-state index contributed by atoms with van der Waals surface area (Å²) in [6.07, 6.45) is 0. The van der Waals surface area contributed by atoms with Crippen molar-refractivity contribution in [3.8, 4) is 5.69 Å². The number of carbonyl (C=O) groups is 2. The van der Waals surface area contributed by atoms with Crippen molar-refractivity contribution < 1.29 is 9.59 Å². The van der Waals surface area contributed by atoms with Crippen LogP contribution in [0.2, 0.25) is 0 Å². The molecule has 7 nitrogen and oxygen atoms in total. The average Bonchev–Trinajstić information content (AvgIpc) is 3.03. The summed E-state index contributed by atoms with van der Waals surface area (Å²) in [7, 11) is 0. The van der Waals surface area contributed by atoms with E-state index in [1.165, 1.54) is 10.1 Å². The number of aromatic nitrogens is 1. The molecule has 2 aromatic rings. The summed E-state index contributed by atoms with van der Waals surface area (Å²) >= 11 is 0. The van der Waals surface area contributed by atoms with Crippen LogP contribution in [0.5, 0.6) is 0 Å². The Hall–Kier alpha value is -2.93. The third kappa shape index (κ3) is 1.63. The first kappa shape index (κ1) is 12.8. The van der Waals surface area contributed by atoms with E-state index in [0.29, 0.717) is 5.69 Å². The predicted octanol–water partition coefficient (Wildman–Crippen LogP) is -0.0935. The first-order chi connectivity index (χ1) is 10.6. The molecule has 0 bridgehead atoms. The van der Waals surface area contributed by atoms with E-state index in [-0.39, 0.29) is 16.9 Å². The average molecular weight is 296 g/mol. The number of anilines is 1. The molecule has 4 rings (SSSR count). The van der Waals surface area contributed by atoms with Crippen LogP contribution in [-0.4, -0.2) is 16.4 Å². The first-order valence-corrected chi connectivity index (χ1v) is 6.80. The largest absolute Gasteiger partial charge is 0.384 e. The van der Waals surface area contributed by atoms with Gasteiger partial charge in [0.1, 0.15) is 5.82 Å². The number of carbonyl (C=O) groups excluding carboxylic acids is 2. The van der Waals surface area contributed by atoms with E-state index in [0.717, 1.165) is 24.7 Å². The summed E-state index contributed by atoms with van der Waals surface area (Å²) in [5.41, 5.74) is 8.50. The number of rotatable bonds is 1. The van der Waals surface area contributed by atoms with E-state index in [1.54, 1.807) is 6.07 Å². The van der Waals surface area contributed by atoms with Crippen LogP contribution >= 0.6 is 0 Å². The van der Waals surface area contributed by atoms with Crippen LogP contribution in [0.15, 0.2) is 29.1 Å². The van der Waals surface area contributed by atoms with Crippen molar-refractivity contribution in [1.29, 1.82) is 0 Å². The van der Waals surface area contributed by atoms with Crippen molar-refractivity contribution in [1.82, 2.24) is 15.2 Å². The summed E-state index contributed by atoms with van der Waals surface area (Å²) < 4.78 is 1.26. The number of pyridine rings is 1. The van der Waals surface area contributed by atoms with Gasteiger partial charge in [-0.05, 0) is 23.3 Å². The van der Waals surface area contributed by atoms with Crippen molar-refractivity contribution in [2.24, 2.45) is 0 Å². The predicted molar refractivity (Wildman–Crippen MR) is 78.8 cm³/mol.